The van der Waals surface area contributed by atoms with Crippen LogP contribution in [0.5, 0.6) is 5.75 Å². The molecule has 1 rings (SSSR count). The number of benzene rings is 1. The van der Waals surface area contributed by atoms with Crippen molar-refractivity contribution in [2.75, 3.05) is 13.7 Å². The Balaban J connectivity index is 2.45. The van der Waals surface area contributed by atoms with Crippen molar-refractivity contribution in [2.45, 2.75) is 39.7 Å². The lowest BCUT2D eigenvalue weighted by Crippen LogP contribution is -2.34. The maximum Gasteiger partial charge on any atom is 0.122 e. The van der Waals surface area contributed by atoms with Gasteiger partial charge in [-0.05, 0) is 36.9 Å². The first kappa shape index (κ1) is 14.0. The van der Waals surface area contributed by atoms with Crippen LogP contribution in [0.15, 0.2) is 24.3 Å². The number of ether oxygens (including phenoxy) is 1. The van der Waals surface area contributed by atoms with Crippen LogP contribution in [-0.2, 0) is 6.42 Å². The molecule has 0 spiro atoms. The number of hydrogen-bond acceptors (Lipinski definition) is 2. The normalized spacial score (nSPS) is 12.8. The third-order valence-corrected chi connectivity index (χ3v) is 3.24. The van der Waals surface area contributed by atoms with Gasteiger partial charge in [0.15, 0.2) is 0 Å². The molecule has 0 aliphatic heterocycles. The van der Waals surface area contributed by atoms with Crippen molar-refractivity contribution in [2.24, 2.45) is 5.92 Å². The molecule has 0 aliphatic rings. The van der Waals surface area contributed by atoms with Gasteiger partial charge in [-0.15, -0.1) is 0 Å². The van der Waals surface area contributed by atoms with E-state index in [4.69, 9.17) is 4.74 Å². The van der Waals surface area contributed by atoms with E-state index in [-0.39, 0.29) is 0 Å². The van der Waals surface area contributed by atoms with Crippen molar-refractivity contribution < 1.29 is 4.74 Å². The minimum Gasteiger partial charge on any atom is -0.496 e. The van der Waals surface area contributed by atoms with Crippen LogP contribution in [0.4, 0.5) is 0 Å². The van der Waals surface area contributed by atoms with Crippen LogP contribution >= 0.6 is 0 Å². The minimum absolute atomic E-state index is 0.615. The van der Waals surface area contributed by atoms with Crippen LogP contribution in [0, 0.1) is 5.92 Å². The third kappa shape index (κ3) is 4.39. The Hall–Kier alpha value is -1.02. The van der Waals surface area contributed by atoms with E-state index in [9.17, 15) is 0 Å². The topological polar surface area (TPSA) is 21.3 Å². The number of para-hydroxylation sites is 1. The molecular formula is C15H25NO. The Morgan fingerprint density at radius 3 is 2.53 bits per heavy atom. The molecule has 1 aromatic rings. The zero-order valence-corrected chi connectivity index (χ0v) is 11.5. The quantitative estimate of drug-likeness (QED) is 0.783. The van der Waals surface area contributed by atoms with Crippen molar-refractivity contribution in [3.05, 3.63) is 29.8 Å². The van der Waals surface area contributed by atoms with Gasteiger partial charge in [-0.25, -0.2) is 0 Å². The van der Waals surface area contributed by atoms with Gasteiger partial charge in [-0.1, -0.05) is 39.0 Å². The summed E-state index contributed by atoms with van der Waals surface area (Å²) in [6.07, 6.45) is 2.21. The molecule has 0 amide bonds. The maximum atomic E-state index is 5.35. The van der Waals surface area contributed by atoms with E-state index in [1.807, 2.05) is 12.1 Å². The molecule has 1 N–H and O–H groups in total. The maximum absolute atomic E-state index is 5.35. The first-order valence-corrected chi connectivity index (χ1v) is 6.54. The summed E-state index contributed by atoms with van der Waals surface area (Å²) in [4.78, 5) is 0. The van der Waals surface area contributed by atoms with Gasteiger partial charge < -0.3 is 10.1 Å². The standard InChI is InChI=1S/C15H25NO/c1-5-14(12(2)3)16-11-10-13-8-6-7-9-15(13)17-4/h6-9,12,14,16H,5,10-11H2,1-4H3. The van der Waals surface area contributed by atoms with Crippen LogP contribution in [0.3, 0.4) is 0 Å². The van der Waals surface area contributed by atoms with E-state index in [1.54, 1.807) is 7.11 Å². The fraction of sp³-hybridized carbons (Fsp3) is 0.600. The first-order valence-electron chi connectivity index (χ1n) is 6.54. The lowest BCUT2D eigenvalue weighted by Gasteiger charge is -2.21. The second kappa shape index (κ2) is 7.33. The molecule has 96 valence electrons. The van der Waals surface area contributed by atoms with E-state index < -0.39 is 0 Å². The molecule has 1 unspecified atom stereocenters. The fourth-order valence-corrected chi connectivity index (χ4v) is 2.15. The molecule has 2 nitrogen and oxygen atoms in total. The summed E-state index contributed by atoms with van der Waals surface area (Å²) in [7, 11) is 1.73. The van der Waals surface area contributed by atoms with Crippen molar-refractivity contribution in [1.82, 2.24) is 5.32 Å². The predicted molar refractivity (Wildman–Crippen MR) is 73.6 cm³/mol. The molecule has 2 heteroatoms. The second-order valence-electron chi connectivity index (χ2n) is 4.77. The smallest absolute Gasteiger partial charge is 0.122 e. The predicted octanol–water partition coefficient (Wildman–Crippen LogP) is 3.26. The third-order valence-electron chi connectivity index (χ3n) is 3.24. The highest BCUT2D eigenvalue weighted by molar-refractivity contribution is 5.33. The summed E-state index contributed by atoms with van der Waals surface area (Å²) in [6, 6.07) is 8.85. The molecule has 0 saturated heterocycles. The second-order valence-corrected chi connectivity index (χ2v) is 4.77. The zero-order chi connectivity index (χ0) is 12.7. The van der Waals surface area contributed by atoms with Crippen LogP contribution < -0.4 is 10.1 Å². The highest BCUT2D eigenvalue weighted by Crippen LogP contribution is 2.17. The summed E-state index contributed by atoms with van der Waals surface area (Å²) in [5, 5.41) is 3.61. The summed E-state index contributed by atoms with van der Waals surface area (Å²) in [5.74, 6) is 1.68. The van der Waals surface area contributed by atoms with E-state index in [1.165, 1.54) is 12.0 Å². The van der Waals surface area contributed by atoms with Gasteiger partial charge in [-0.2, -0.15) is 0 Å². The van der Waals surface area contributed by atoms with Gasteiger partial charge in [-0.3, -0.25) is 0 Å². The Labute approximate surface area is 105 Å². The van der Waals surface area contributed by atoms with Gasteiger partial charge in [0.25, 0.3) is 0 Å². The molecule has 0 heterocycles. The van der Waals surface area contributed by atoms with Crippen molar-refractivity contribution in [3.63, 3.8) is 0 Å². The van der Waals surface area contributed by atoms with Crippen LogP contribution in [-0.4, -0.2) is 19.7 Å². The van der Waals surface area contributed by atoms with Crippen LogP contribution in [0.1, 0.15) is 32.8 Å². The van der Waals surface area contributed by atoms with Gasteiger partial charge in [0.2, 0.25) is 0 Å². The molecule has 1 atom stereocenters. The molecule has 0 bridgehead atoms. The average Bonchev–Trinajstić information content (AvgIpc) is 2.34. The van der Waals surface area contributed by atoms with Crippen molar-refractivity contribution in [1.29, 1.82) is 0 Å². The Morgan fingerprint density at radius 1 is 1.24 bits per heavy atom. The van der Waals surface area contributed by atoms with E-state index in [2.05, 4.69) is 38.2 Å². The van der Waals surface area contributed by atoms with Crippen LogP contribution in [0.25, 0.3) is 0 Å². The molecule has 0 aromatic heterocycles. The van der Waals surface area contributed by atoms with E-state index >= 15 is 0 Å². The number of hydrogen-bond donors (Lipinski definition) is 1. The number of rotatable bonds is 7. The Kier molecular flexibility index (Phi) is 6.06. The minimum atomic E-state index is 0.615. The van der Waals surface area contributed by atoms with Gasteiger partial charge in [0.1, 0.15) is 5.75 Å². The SMILES string of the molecule is CCC(NCCc1ccccc1OC)C(C)C. The zero-order valence-electron chi connectivity index (χ0n) is 11.5. The molecule has 0 aliphatic carbocycles. The largest absolute Gasteiger partial charge is 0.496 e. The summed E-state index contributed by atoms with van der Waals surface area (Å²) >= 11 is 0. The highest BCUT2D eigenvalue weighted by atomic mass is 16.5. The van der Waals surface area contributed by atoms with Crippen molar-refractivity contribution in [3.8, 4) is 5.75 Å². The number of nitrogens with one attached hydrogen (secondary N) is 1. The Morgan fingerprint density at radius 2 is 1.94 bits per heavy atom. The van der Waals surface area contributed by atoms with Gasteiger partial charge >= 0.3 is 0 Å². The number of methoxy groups -OCH3 is 1. The monoisotopic (exact) mass is 235 g/mol. The molecular weight excluding hydrogens is 210 g/mol. The summed E-state index contributed by atoms with van der Waals surface area (Å²) < 4.78 is 5.35. The highest BCUT2D eigenvalue weighted by Gasteiger charge is 2.10. The van der Waals surface area contributed by atoms with Crippen molar-refractivity contribution >= 4 is 0 Å². The lowest BCUT2D eigenvalue weighted by atomic mass is 10.0. The molecule has 17 heavy (non-hydrogen) atoms. The average molecular weight is 235 g/mol. The van der Waals surface area contributed by atoms with E-state index in [0.29, 0.717) is 12.0 Å². The van der Waals surface area contributed by atoms with Crippen LogP contribution in [0.2, 0.25) is 0 Å². The van der Waals surface area contributed by atoms with Gasteiger partial charge in [0, 0.05) is 6.04 Å². The molecule has 1 aromatic carbocycles. The van der Waals surface area contributed by atoms with E-state index in [0.717, 1.165) is 18.7 Å². The first-order chi connectivity index (χ1) is 8.19. The molecule has 0 fully saturated rings. The molecule has 0 radical (unpaired) electrons. The summed E-state index contributed by atoms with van der Waals surface area (Å²) in [5.41, 5.74) is 1.28. The summed E-state index contributed by atoms with van der Waals surface area (Å²) in [6.45, 7) is 7.78. The lowest BCUT2D eigenvalue weighted by molar-refractivity contribution is 0.386. The van der Waals surface area contributed by atoms with Gasteiger partial charge in [0.05, 0.1) is 7.11 Å². The molecule has 0 saturated carbocycles. The fourth-order valence-electron chi connectivity index (χ4n) is 2.15. The Bertz CT molecular complexity index is 322.